The molecule has 3 heterocycles. The minimum absolute atomic E-state index is 0.0540. The van der Waals surface area contributed by atoms with Gasteiger partial charge in [-0.15, -0.1) is 0 Å². The average Bonchev–Trinajstić information content (AvgIpc) is 2.89. The van der Waals surface area contributed by atoms with Crippen molar-refractivity contribution >= 4 is 11.7 Å². The van der Waals surface area contributed by atoms with Crippen LogP contribution in [0.5, 0.6) is 0 Å². The number of carbonyl (C=O) groups excluding carboxylic acids is 1. The van der Waals surface area contributed by atoms with Gasteiger partial charge in [0.15, 0.2) is 0 Å². The largest absolute Gasteiger partial charge is 0.356 e. The fourth-order valence-electron chi connectivity index (χ4n) is 4.21. The lowest BCUT2D eigenvalue weighted by molar-refractivity contribution is -0.128. The summed E-state index contributed by atoms with van der Waals surface area (Å²) in [7, 11) is 0. The first-order valence-corrected chi connectivity index (χ1v) is 9.19. The third-order valence-electron chi connectivity index (χ3n) is 5.64. The van der Waals surface area contributed by atoms with Gasteiger partial charge in [-0.05, 0) is 37.5 Å². The van der Waals surface area contributed by atoms with Crippen LogP contribution in [0, 0.1) is 24.0 Å². The zero-order valence-electron chi connectivity index (χ0n) is 15.3. The van der Waals surface area contributed by atoms with Crippen molar-refractivity contribution in [2.24, 2.45) is 5.41 Å². The number of rotatable bonds is 3. The highest BCUT2D eigenvalue weighted by molar-refractivity contribution is 5.79. The van der Waals surface area contributed by atoms with Gasteiger partial charge in [-0.2, -0.15) is 0 Å². The van der Waals surface area contributed by atoms with Crippen molar-refractivity contribution in [1.82, 2.24) is 14.9 Å². The van der Waals surface area contributed by atoms with Crippen molar-refractivity contribution in [2.75, 3.05) is 24.5 Å². The molecule has 1 spiro atoms. The first-order chi connectivity index (χ1) is 12.9. The molecule has 0 aliphatic carbocycles. The number of aromatic nitrogens is 2. The summed E-state index contributed by atoms with van der Waals surface area (Å²) in [5, 5.41) is 0. The molecule has 0 unspecified atom stereocenters. The van der Waals surface area contributed by atoms with Gasteiger partial charge in [0.2, 0.25) is 5.91 Å². The normalized spacial score (nSPS) is 19.1. The van der Waals surface area contributed by atoms with Gasteiger partial charge in [0.05, 0.1) is 0 Å². The lowest BCUT2D eigenvalue weighted by Gasteiger charge is -2.39. The molecule has 2 aromatic rings. The van der Waals surface area contributed by atoms with Gasteiger partial charge in [-0.25, -0.2) is 18.7 Å². The summed E-state index contributed by atoms with van der Waals surface area (Å²) in [5.74, 6) is -0.237. The fourth-order valence-corrected chi connectivity index (χ4v) is 4.21. The highest BCUT2D eigenvalue weighted by Crippen LogP contribution is 2.42. The van der Waals surface area contributed by atoms with Crippen LogP contribution >= 0.6 is 0 Å². The Morgan fingerprint density at radius 1 is 1.07 bits per heavy atom. The fraction of sp³-hybridized carbons (Fsp3) is 0.450. The third kappa shape index (κ3) is 3.77. The molecule has 1 aromatic heterocycles. The number of nitrogens with zero attached hydrogens (tertiary/aromatic N) is 4. The van der Waals surface area contributed by atoms with Gasteiger partial charge in [0.25, 0.3) is 0 Å². The maximum Gasteiger partial charge on any atom is 0.223 e. The van der Waals surface area contributed by atoms with Gasteiger partial charge in [-0.3, -0.25) is 4.79 Å². The molecule has 1 aromatic carbocycles. The van der Waals surface area contributed by atoms with Crippen molar-refractivity contribution in [1.29, 1.82) is 0 Å². The van der Waals surface area contributed by atoms with Crippen LogP contribution in [0.15, 0.2) is 30.6 Å². The maximum absolute atomic E-state index is 13.4. The standard InChI is InChI=1S/C20H22F2N4O/c1-14-6-18(24-13-23-14)25-4-2-20(3-5-25)10-19(27)26(12-20)11-15-7-16(21)9-17(22)8-15/h6-9,13H,2-5,10-12H2,1H3. The van der Waals surface area contributed by atoms with Crippen molar-refractivity contribution in [3.63, 3.8) is 0 Å². The van der Waals surface area contributed by atoms with Crippen molar-refractivity contribution < 1.29 is 13.6 Å². The molecule has 0 N–H and O–H groups in total. The number of aryl methyl sites for hydroxylation is 1. The second-order valence-electron chi connectivity index (χ2n) is 7.71. The van der Waals surface area contributed by atoms with E-state index in [0.717, 1.165) is 43.5 Å². The molecule has 5 nitrogen and oxygen atoms in total. The van der Waals surface area contributed by atoms with Crippen LogP contribution in [-0.2, 0) is 11.3 Å². The molecule has 4 rings (SSSR count). The zero-order valence-corrected chi connectivity index (χ0v) is 15.3. The molecular weight excluding hydrogens is 350 g/mol. The molecule has 0 atom stereocenters. The van der Waals surface area contributed by atoms with Crippen molar-refractivity contribution in [3.8, 4) is 0 Å². The summed E-state index contributed by atoms with van der Waals surface area (Å²) in [6.07, 6.45) is 3.88. The average molecular weight is 372 g/mol. The Hall–Kier alpha value is -2.57. The summed E-state index contributed by atoms with van der Waals surface area (Å²) in [6.45, 7) is 4.52. The molecular formula is C20H22F2N4O. The molecule has 142 valence electrons. The van der Waals surface area contributed by atoms with Crippen LogP contribution in [0.1, 0.15) is 30.5 Å². The zero-order chi connectivity index (χ0) is 19.0. The molecule has 1 amide bonds. The number of likely N-dealkylation sites (tertiary alicyclic amines) is 1. The van der Waals surface area contributed by atoms with E-state index in [1.54, 1.807) is 11.2 Å². The third-order valence-corrected chi connectivity index (χ3v) is 5.64. The van der Waals surface area contributed by atoms with E-state index in [1.807, 2.05) is 13.0 Å². The number of hydrogen-bond donors (Lipinski definition) is 0. The van der Waals surface area contributed by atoms with E-state index in [-0.39, 0.29) is 17.9 Å². The van der Waals surface area contributed by atoms with Gasteiger partial charge < -0.3 is 9.80 Å². The summed E-state index contributed by atoms with van der Waals surface area (Å²) < 4.78 is 26.8. The first kappa shape index (κ1) is 17.8. The minimum atomic E-state index is -0.611. The number of halogens is 2. The summed E-state index contributed by atoms with van der Waals surface area (Å²) in [4.78, 5) is 25.0. The van der Waals surface area contributed by atoms with E-state index in [9.17, 15) is 13.6 Å². The number of hydrogen-bond acceptors (Lipinski definition) is 4. The lowest BCUT2D eigenvalue weighted by Crippen LogP contribution is -2.42. The topological polar surface area (TPSA) is 49.3 Å². The van der Waals surface area contributed by atoms with E-state index in [0.29, 0.717) is 18.5 Å². The number of anilines is 1. The highest BCUT2D eigenvalue weighted by atomic mass is 19.1. The van der Waals surface area contributed by atoms with Crippen LogP contribution in [0.25, 0.3) is 0 Å². The summed E-state index contributed by atoms with van der Waals surface area (Å²) >= 11 is 0. The van der Waals surface area contributed by atoms with Crippen LogP contribution in [0.4, 0.5) is 14.6 Å². The molecule has 7 heteroatoms. The molecule has 2 aliphatic rings. The Bertz CT molecular complexity index is 845. The van der Waals surface area contributed by atoms with E-state index in [4.69, 9.17) is 0 Å². The smallest absolute Gasteiger partial charge is 0.223 e. The second-order valence-corrected chi connectivity index (χ2v) is 7.71. The van der Waals surface area contributed by atoms with E-state index < -0.39 is 11.6 Å². The first-order valence-electron chi connectivity index (χ1n) is 9.19. The van der Waals surface area contributed by atoms with Crippen LogP contribution in [-0.4, -0.2) is 40.4 Å². The van der Waals surface area contributed by atoms with Gasteiger partial charge in [0.1, 0.15) is 23.8 Å². The lowest BCUT2D eigenvalue weighted by atomic mass is 9.77. The predicted octanol–water partition coefficient (Wildman–Crippen LogP) is 3.08. The van der Waals surface area contributed by atoms with Gasteiger partial charge >= 0.3 is 0 Å². The van der Waals surface area contributed by atoms with E-state index >= 15 is 0 Å². The Labute approximate surface area is 157 Å². The minimum Gasteiger partial charge on any atom is -0.356 e. The number of benzene rings is 1. The van der Waals surface area contributed by atoms with E-state index in [2.05, 4.69) is 14.9 Å². The Kier molecular flexibility index (Phi) is 4.53. The van der Waals surface area contributed by atoms with Crippen LogP contribution in [0.2, 0.25) is 0 Å². The van der Waals surface area contributed by atoms with Crippen LogP contribution < -0.4 is 4.90 Å². The SMILES string of the molecule is Cc1cc(N2CCC3(CC2)CC(=O)N(Cc2cc(F)cc(F)c2)C3)ncn1. The number of carbonyl (C=O) groups is 1. The molecule has 0 radical (unpaired) electrons. The molecule has 0 bridgehead atoms. The molecule has 2 aliphatic heterocycles. The number of piperidine rings is 1. The molecule has 2 saturated heterocycles. The van der Waals surface area contributed by atoms with Crippen molar-refractivity contribution in [2.45, 2.75) is 32.7 Å². The summed E-state index contributed by atoms with van der Waals surface area (Å²) in [5.41, 5.74) is 1.37. The van der Waals surface area contributed by atoms with E-state index in [1.165, 1.54) is 12.1 Å². The molecule has 2 fully saturated rings. The van der Waals surface area contributed by atoms with Crippen LogP contribution in [0.3, 0.4) is 0 Å². The predicted molar refractivity (Wildman–Crippen MR) is 97.0 cm³/mol. The summed E-state index contributed by atoms with van der Waals surface area (Å²) in [6, 6.07) is 5.41. The van der Waals surface area contributed by atoms with Gasteiger partial charge in [-0.1, -0.05) is 0 Å². The Morgan fingerprint density at radius 3 is 2.44 bits per heavy atom. The van der Waals surface area contributed by atoms with Crippen molar-refractivity contribution in [3.05, 3.63) is 53.5 Å². The quantitative estimate of drug-likeness (QED) is 0.831. The molecule has 0 saturated carbocycles. The van der Waals surface area contributed by atoms with Gasteiger partial charge in [0, 0.05) is 55.8 Å². The second kappa shape index (κ2) is 6.87. The maximum atomic E-state index is 13.4. The highest BCUT2D eigenvalue weighted by Gasteiger charge is 2.44. The Morgan fingerprint density at radius 2 is 1.78 bits per heavy atom. The monoisotopic (exact) mass is 372 g/mol. The molecule has 27 heavy (non-hydrogen) atoms. The Balaban J connectivity index is 1.42. The number of amides is 1.